The molecule has 0 amide bonds. The Kier molecular flexibility index (Phi) is 6.57. The van der Waals surface area contributed by atoms with Gasteiger partial charge in [0.1, 0.15) is 0 Å². The minimum Gasteiger partial charge on any atom is -0.344 e. The van der Waals surface area contributed by atoms with Gasteiger partial charge in [-0.2, -0.15) is 0 Å². The molecule has 6 aromatic carbocycles. The number of hydrogen-bond acceptors (Lipinski definition) is 1. The second-order valence-electron chi connectivity index (χ2n) is 9.45. The van der Waals surface area contributed by atoms with Crippen LogP contribution in [0.5, 0.6) is 0 Å². The smallest absolute Gasteiger partial charge is 0.0487 e. The Hall–Kier alpha value is -4.88. The number of para-hydroxylation sites is 1. The van der Waals surface area contributed by atoms with Gasteiger partial charge in [-0.25, -0.2) is 0 Å². The Balaban J connectivity index is 1.51. The van der Waals surface area contributed by atoms with Crippen molar-refractivity contribution >= 4 is 11.4 Å². The fourth-order valence-electron chi connectivity index (χ4n) is 5.19. The standard InChI is InChI=1S/C37H29N/c1-38(37-24-14-13-22-33(37)29-17-7-3-8-18-29)31-25-26-35(36(27-31)30-19-9-4-10-20-30)34-23-12-11-21-32(34)28-15-5-2-6-16-28/h2-27H,1H3. The lowest BCUT2D eigenvalue weighted by Crippen LogP contribution is -2.11. The predicted octanol–water partition coefficient (Wildman–Crippen LogP) is 10.1. The minimum atomic E-state index is 1.15. The third kappa shape index (κ3) is 4.63. The molecule has 0 saturated carbocycles. The van der Waals surface area contributed by atoms with Crippen molar-refractivity contribution in [3.63, 3.8) is 0 Å². The number of nitrogens with zero attached hydrogens (tertiary/aromatic N) is 1. The first-order valence-corrected chi connectivity index (χ1v) is 13.0. The fourth-order valence-corrected chi connectivity index (χ4v) is 5.19. The van der Waals surface area contributed by atoms with E-state index in [0.29, 0.717) is 0 Å². The molecule has 0 aliphatic heterocycles. The van der Waals surface area contributed by atoms with Gasteiger partial charge in [-0.3, -0.25) is 0 Å². The molecule has 0 saturated heterocycles. The monoisotopic (exact) mass is 487 g/mol. The second-order valence-corrected chi connectivity index (χ2v) is 9.45. The van der Waals surface area contributed by atoms with E-state index in [1.165, 1.54) is 50.2 Å². The third-order valence-electron chi connectivity index (χ3n) is 7.13. The summed E-state index contributed by atoms with van der Waals surface area (Å²) >= 11 is 0. The van der Waals surface area contributed by atoms with Gasteiger partial charge in [0, 0.05) is 24.0 Å². The largest absolute Gasteiger partial charge is 0.344 e. The Labute approximate surface area is 225 Å². The molecular formula is C37H29N. The fraction of sp³-hybridized carbons (Fsp3) is 0.0270. The van der Waals surface area contributed by atoms with Gasteiger partial charge in [-0.1, -0.05) is 140 Å². The summed E-state index contributed by atoms with van der Waals surface area (Å²) in [6.07, 6.45) is 0. The molecule has 1 nitrogen and oxygen atoms in total. The van der Waals surface area contributed by atoms with Crippen LogP contribution in [0, 0.1) is 0 Å². The van der Waals surface area contributed by atoms with E-state index in [2.05, 4.69) is 170 Å². The lowest BCUT2D eigenvalue weighted by molar-refractivity contribution is 1.21. The molecule has 0 heterocycles. The van der Waals surface area contributed by atoms with Crippen molar-refractivity contribution in [1.29, 1.82) is 0 Å². The van der Waals surface area contributed by atoms with Crippen molar-refractivity contribution in [3.05, 3.63) is 158 Å². The van der Waals surface area contributed by atoms with E-state index in [0.717, 1.165) is 5.69 Å². The van der Waals surface area contributed by atoms with Crippen LogP contribution in [-0.4, -0.2) is 7.05 Å². The molecule has 0 aliphatic rings. The van der Waals surface area contributed by atoms with Gasteiger partial charge in [0.2, 0.25) is 0 Å². The van der Waals surface area contributed by atoms with Crippen LogP contribution in [0.15, 0.2) is 158 Å². The molecule has 0 aromatic heterocycles. The van der Waals surface area contributed by atoms with E-state index in [1.54, 1.807) is 0 Å². The summed E-state index contributed by atoms with van der Waals surface area (Å²) in [5.41, 5.74) is 12.1. The van der Waals surface area contributed by atoms with Gasteiger partial charge in [-0.05, 0) is 57.1 Å². The zero-order valence-corrected chi connectivity index (χ0v) is 21.5. The summed E-state index contributed by atoms with van der Waals surface area (Å²) in [7, 11) is 2.16. The molecule has 1 heteroatoms. The van der Waals surface area contributed by atoms with Gasteiger partial charge < -0.3 is 4.90 Å². The molecule has 0 radical (unpaired) electrons. The zero-order valence-electron chi connectivity index (χ0n) is 21.5. The average molecular weight is 488 g/mol. The maximum Gasteiger partial charge on any atom is 0.0487 e. The van der Waals surface area contributed by atoms with Crippen LogP contribution in [-0.2, 0) is 0 Å². The maximum absolute atomic E-state index is 2.33. The zero-order chi connectivity index (χ0) is 25.7. The highest BCUT2D eigenvalue weighted by molar-refractivity contribution is 5.94. The second kappa shape index (κ2) is 10.6. The van der Waals surface area contributed by atoms with Gasteiger partial charge in [0.05, 0.1) is 0 Å². The first kappa shape index (κ1) is 23.5. The molecule has 0 bridgehead atoms. The Morgan fingerprint density at radius 2 is 0.763 bits per heavy atom. The SMILES string of the molecule is CN(c1ccc(-c2ccccc2-c2ccccc2)c(-c2ccccc2)c1)c1ccccc1-c1ccccc1. The predicted molar refractivity (Wildman–Crippen MR) is 163 cm³/mol. The van der Waals surface area contributed by atoms with E-state index in [1.807, 2.05) is 0 Å². The third-order valence-corrected chi connectivity index (χ3v) is 7.13. The van der Waals surface area contributed by atoms with Crippen LogP contribution in [0.1, 0.15) is 0 Å². The van der Waals surface area contributed by atoms with Crippen LogP contribution in [0.2, 0.25) is 0 Å². The van der Waals surface area contributed by atoms with Crippen molar-refractivity contribution < 1.29 is 0 Å². The number of anilines is 2. The lowest BCUT2D eigenvalue weighted by Gasteiger charge is -2.25. The van der Waals surface area contributed by atoms with Crippen molar-refractivity contribution in [1.82, 2.24) is 0 Å². The summed E-state index contributed by atoms with van der Waals surface area (Å²) in [4.78, 5) is 2.29. The Bertz CT molecular complexity index is 1650. The highest BCUT2D eigenvalue weighted by atomic mass is 15.1. The molecule has 0 aliphatic carbocycles. The van der Waals surface area contributed by atoms with E-state index in [4.69, 9.17) is 0 Å². The molecular weight excluding hydrogens is 458 g/mol. The average Bonchev–Trinajstić information content (AvgIpc) is 3.02. The summed E-state index contributed by atoms with van der Waals surface area (Å²) in [6, 6.07) is 56.1. The Morgan fingerprint density at radius 1 is 0.342 bits per heavy atom. The summed E-state index contributed by atoms with van der Waals surface area (Å²) < 4.78 is 0. The topological polar surface area (TPSA) is 3.24 Å². The van der Waals surface area contributed by atoms with Gasteiger partial charge in [0.15, 0.2) is 0 Å². The lowest BCUT2D eigenvalue weighted by atomic mass is 9.89. The van der Waals surface area contributed by atoms with Crippen LogP contribution in [0.3, 0.4) is 0 Å². The minimum absolute atomic E-state index is 1.15. The van der Waals surface area contributed by atoms with E-state index in [-0.39, 0.29) is 0 Å². The molecule has 38 heavy (non-hydrogen) atoms. The molecule has 6 rings (SSSR count). The summed E-state index contributed by atoms with van der Waals surface area (Å²) in [5.74, 6) is 0. The van der Waals surface area contributed by atoms with Crippen LogP contribution in [0.4, 0.5) is 11.4 Å². The molecule has 182 valence electrons. The summed E-state index contributed by atoms with van der Waals surface area (Å²) in [5, 5.41) is 0. The molecule has 0 unspecified atom stereocenters. The van der Waals surface area contributed by atoms with Gasteiger partial charge >= 0.3 is 0 Å². The first-order chi connectivity index (χ1) is 18.8. The van der Waals surface area contributed by atoms with Crippen LogP contribution in [0.25, 0.3) is 44.5 Å². The normalized spacial score (nSPS) is 10.8. The van der Waals surface area contributed by atoms with Crippen LogP contribution < -0.4 is 4.90 Å². The van der Waals surface area contributed by atoms with Crippen molar-refractivity contribution in [3.8, 4) is 44.5 Å². The van der Waals surface area contributed by atoms with Crippen molar-refractivity contribution in [2.24, 2.45) is 0 Å². The van der Waals surface area contributed by atoms with Crippen molar-refractivity contribution in [2.45, 2.75) is 0 Å². The van der Waals surface area contributed by atoms with Crippen LogP contribution >= 0.6 is 0 Å². The van der Waals surface area contributed by atoms with E-state index < -0.39 is 0 Å². The van der Waals surface area contributed by atoms with E-state index in [9.17, 15) is 0 Å². The molecule has 0 N–H and O–H groups in total. The number of benzene rings is 6. The van der Waals surface area contributed by atoms with E-state index >= 15 is 0 Å². The number of rotatable bonds is 6. The van der Waals surface area contributed by atoms with Gasteiger partial charge in [0.25, 0.3) is 0 Å². The number of hydrogen-bond donors (Lipinski definition) is 0. The maximum atomic E-state index is 2.33. The molecule has 0 fully saturated rings. The summed E-state index contributed by atoms with van der Waals surface area (Å²) in [6.45, 7) is 0. The molecule has 0 spiro atoms. The highest BCUT2D eigenvalue weighted by Crippen LogP contribution is 2.41. The molecule has 0 atom stereocenters. The molecule has 6 aromatic rings. The Morgan fingerprint density at radius 3 is 1.37 bits per heavy atom. The quantitative estimate of drug-likeness (QED) is 0.226. The van der Waals surface area contributed by atoms with Crippen molar-refractivity contribution in [2.75, 3.05) is 11.9 Å². The first-order valence-electron chi connectivity index (χ1n) is 13.0. The highest BCUT2D eigenvalue weighted by Gasteiger charge is 2.16. The van der Waals surface area contributed by atoms with Gasteiger partial charge in [-0.15, -0.1) is 0 Å².